The summed E-state index contributed by atoms with van der Waals surface area (Å²) in [7, 11) is 0. The van der Waals surface area contributed by atoms with Gasteiger partial charge in [-0.25, -0.2) is 4.99 Å². The van der Waals surface area contributed by atoms with E-state index in [9.17, 15) is 0 Å². The van der Waals surface area contributed by atoms with Crippen molar-refractivity contribution >= 4 is 5.90 Å². The molecule has 0 saturated carbocycles. The highest BCUT2D eigenvalue weighted by Gasteiger charge is 2.37. The lowest BCUT2D eigenvalue weighted by Crippen LogP contribution is -2.38. The van der Waals surface area contributed by atoms with Gasteiger partial charge in [0, 0.05) is 12.0 Å². The highest BCUT2D eigenvalue weighted by atomic mass is 16.5. The lowest BCUT2D eigenvalue weighted by Gasteiger charge is -2.38. The number of nitrogens with zero attached hydrogens (tertiary/aromatic N) is 1. The summed E-state index contributed by atoms with van der Waals surface area (Å²) >= 11 is 0. The summed E-state index contributed by atoms with van der Waals surface area (Å²) in [4.78, 5) is 4.98. The van der Waals surface area contributed by atoms with Gasteiger partial charge in [-0.05, 0) is 43.0 Å². The van der Waals surface area contributed by atoms with E-state index in [1.165, 1.54) is 11.1 Å². The topological polar surface area (TPSA) is 21.6 Å². The van der Waals surface area contributed by atoms with Crippen LogP contribution in [0.1, 0.15) is 36.5 Å². The molecule has 0 radical (unpaired) electrons. The van der Waals surface area contributed by atoms with Crippen molar-refractivity contribution in [3.63, 3.8) is 0 Å². The SMILES string of the molecule is C[C@]1(c2ccccc2)C[C@H](CCc2ccccc2)N=C(c2ccccc2)O1. The number of aliphatic imine (C=N–C) groups is 1. The molecule has 136 valence electrons. The summed E-state index contributed by atoms with van der Waals surface area (Å²) in [6, 6.07) is 31.7. The predicted octanol–water partition coefficient (Wildman–Crippen LogP) is 5.77. The van der Waals surface area contributed by atoms with Gasteiger partial charge < -0.3 is 4.74 Å². The Morgan fingerprint density at radius 3 is 2.11 bits per heavy atom. The zero-order valence-corrected chi connectivity index (χ0v) is 15.7. The van der Waals surface area contributed by atoms with Gasteiger partial charge in [0.15, 0.2) is 0 Å². The summed E-state index contributed by atoms with van der Waals surface area (Å²) in [5, 5.41) is 0. The minimum absolute atomic E-state index is 0.236. The van der Waals surface area contributed by atoms with Crippen molar-refractivity contribution in [1.82, 2.24) is 0 Å². The Balaban J connectivity index is 1.62. The number of aryl methyl sites for hydroxylation is 1. The quantitative estimate of drug-likeness (QED) is 0.569. The first-order valence-electron chi connectivity index (χ1n) is 9.65. The van der Waals surface area contributed by atoms with Crippen LogP contribution in [0.5, 0.6) is 0 Å². The molecule has 0 N–H and O–H groups in total. The van der Waals surface area contributed by atoms with E-state index in [4.69, 9.17) is 9.73 Å². The first kappa shape index (κ1) is 17.5. The molecule has 1 aliphatic rings. The highest BCUT2D eigenvalue weighted by Crippen LogP contribution is 2.37. The van der Waals surface area contributed by atoms with Crippen LogP contribution in [0.3, 0.4) is 0 Å². The van der Waals surface area contributed by atoms with Crippen LogP contribution in [0.4, 0.5) is 0 Å². The summed E-state index contributed by atoms with van der Waals surface area (Å²) in [5.41, 5.74) is 3.25. The molecule has 0 unspecified atom stereocenters. The molecule has 0 fully saturated rings. The molecule has 4 rings (SSSR count). The van der Waals surface area contributed by atoms with E-state index in [1.54, 1.807) is 0 Å². The fourth-order valence-corrected chi connectivity index (χ4v) is 3.77. The number of rotatable bonds is 5. The second kappa shape index (κ2) is 7.79. The molecule has 0 amide bonds. The van der Waals surface area contributed by atoms with Gasteiger partial charge in [-0.1, -0.05) is 78.9 Å². The third kappa shape index (κ3) is 4.11. The van der Waals surface area contributed by atoms with Gasteiger partial charge in [-0.15, -0.1) is 0 Å². The van der Waals surface area contributed by atoms with E-state index in [2.05, 4.69) is 79.7 Å². The second-order valence-corrected chi connectivity index (χ2v) is 7.38. The van der Waals surface area contributed by atoms with Crippen molar-refractivity contribution in [1.29, 1.82) is 0 Å². The van der Waals surface area contributed by atoms with Gasteiger partial charge >= 0.3 is 0 Å². The van der Waals surface area contributed by atoms with Gasteiger partial charge in [-0.2, -0.15) is 0 Å². The first-order chi connectivity index (χ1) is 13.2. The lowest BCUT2D eigenvalue weighted by molar-refractivity contribution is 0.0403. The zero-order valence-electron chi connectivity index (χ0n) is 15.7. The van der Waals surface area contributed by atoms with Gasteiger partial charge in [0.25, 0.3) is 0 Å². The van der Waals surface area contributed by atoms with Crippen LogP contribution < -0.4 is 0 Å². The fourth-order valence-electron chi connectivity index (χ4n) is 3.77. The molecule has 27 heavy (non-hydrogen) atoms. The zero-order chi connectivity index (χ0) is 18.5. The Labute approximate surface area is 161 Å². The number of hydrogen-bond donors (Lipinski definition) is 0. The van der Waals surface area contributed by atoms with E-state index in [-0.39, 0.29) is 11.6 Å². The largest absolute Gasteiger partial charge is 0.466 e. The first-order valence-corrected chi connectivity index (χ1v) is 9.65. The van der Waals surface area contributed by atoms with Crippen molar-refractivity contribution in [3.8, 4) is 0 Å². The molecule has 0 spiro atoms. The van der Waals surface area contributed by atoms with Gasteiger partial charge in [0.05, 0.1) is 6.04 Å². The van der Waals surface area contributed by atoms with E-state index < -0.39 is 0 Å². The molecular weight excluding hydrogens is 330 g/mol. The van der Waals surface area contributed by atoms with Crippen molar-refractivity contribution in [2.75, 3.05) is 0 Å². The van der Waals surface area contributed by atoms with Crippen LogP contribution in [0.15, 0.2) is 96.0 Å². The maximum atomic E-state index is 6.48. The Bertz CT molecular complexity index is 889. The van der Waals surface area contributed by atoms with Gasteiger partial charge in [-0.3, -0.25) is 0 Å². The van der Waals surface area contributed by atoms with Crippen LogP contribution in [-0.4, -0.2) is 11.9 Å². The smallest absolute Gasteiger partial charge is 0.217 e. The number of ether oxygens (including phenoxy) is 1. The maximum absolute atomic E-state index is 6.48. The fraction of sp³-hybridized carbons (Fsp3) is 0.240. The van der Waals surface area contributed by atoms with Crippen LogP contribution in [0.25, 0.3) is 0 Å². The number of benzene rings is 3. The highest BCUT2D eigenvalue weighted by molar-refractivity contribution is 5.95. The molecule has 0 aromatic heterocycles. The monoisotopic (exact) mass is 355 g/mol. The molecule has 1 heterocycles. The Kier molecular flexibility index (Phi) is 5.06. The maximum Gasteiger partial charge on any atom is 0.217 e. The molecule has 0 bridgehead atoms. The molecule has 2 atom stereocenters. The summed E-state index contributed by atoms with van der Waals surface area (Å²) < 4.78 is 6.48. The predicted molar refractivity (Wildman–Crippen MR) is 111 cm³/mol. The van der Waals surface area contributed by atoms with E-state index in [0.29, 0.717) is 0 Å². The molecule has 3 aromatic carbocycles. The second-order valence-electron chi connectivity index (χ2n) is 7.38. The molecule has 3 aromatic rings. The van der Waals surface area contributed by atoms with Crippen LogP contribution in [0, 0.1) is 0 Å². The average molecular weight is 355 g/mol. The third-order valence-corrected chi connectivity index (χ3v) is 5.26. The van der Waals surface area contributed by atoms with Gasteiger partial charge in [0.2, 0.25) is 5.90 Å². The molecule has 0 saturated heterocycles. The van der Waals surface area contributed by atoms with Crippen molar-refractivity contribution in [2.24, 2.45) is 4.99 Å². The molecular formula is C25H25NO. The molecule has 2 nitrogen and oxygen atoms in total. The Morgan fingerprint density at radius 2 is 1.44 bits per heavy atom. The van der Waals surface area contributed by atoms with E-state index >= 15 is 0 Å². The van der Waals surface area contributed by atoms with E-state index in [0.717, 1.165) is 30.7 Å². The molecule has 0 aliphatic carbocycles. The Hall–Kier alpha value is -2.87. The van der Waals surface area contributed by atoms with Crippen molar-refractivity contribution in [3.05, 3.63) is 108 Å². The van der Waals surface area contributed by atoms with Crippen molar-refractivity contribution < 1.29 is 4.74 Å². The Morgan fingerprint density at radius 1 is 0.852 bits per heavy atom. The summed E-state index contributed by atoms with van der Waals surface area (Å²) in [6.45, 7) is 2.19. The minimum Gasteiger partial charge on any atom is -0.466 e. The van der Waals surface area contributed by atoms with Crippen molar-refractivity contribution in [2.45, 2.75) is 37.8 Å². The standard InChI is InChI=1S/C25H25NO/c1-25(22-15-9-4-10-16-22)19-23(18-17-20-11-5-2-6-12-20)26-24(27-25)21-13-7-3-8-14-21/h2-16,23H,17-19H2,1H3/t23-,25+/m0/s1. The molecule has 1 aliphatic heterocycles. The van der Waals surface area contributed by atoms with E-state index in [1.807, 2.05) is 18.2 Å². The minimum atomic E-state index is -0.366. The van der Waals surface area contributed by atoms with Crippen LogP contribution in [0.2, 0.25) is 0 Å². The summed E-state index contributed by atoms with van der Waals surface area (Å²) in [5.74, 6) is 0.756. The number of hydrogen-bond acceptors (Lipinski definition) is 2. The third-order valence-electron chi connectivity index (χ3n) is 5.26. The summed E-state index contributed by atoms with van der Waals surface area (Å²) in [6.07, 6.45) is 2.94. The van der Waals surface area contributed by atoms with Gasteiger partial charge in [0.1, 0.15) is 5.60 Å². The van der Waals surface area contributed by atoms with Crippen LogP contribution >= 0.6 is 0 Å². The normalized spacial score (nSPS) is 22.0. The molecule has 2 heteroatoms. The lowest BCUT2D eigenvalue weighted by atomic mass is 9.86. The average Bonchev–Trinajstić information content (AvgIpc) is 2.74. The van der Waals surface area contributed by atoms with Crippen LogP contribution in [-0.2, 0) is 16.8 Å².